The van der Waals surface area contributed by atoms with Crippen molar-refractivity contribution >= 4 is 33.2 Å². The Morgan fingerprint density at radius 2 is 1.60 bits per heavy atom. The van der Waals surface area contributed by atoms with E-state index in [1.807, 2.05) is 0 Å². The molecule has 3 rings (SSSR count). The van der Waals surface area contributed by atoms with Gasteiger partial charge in [0.2, 0.25) is 15.9 Å². The molecule has 1 amide bonds. The molecule has 0 aliphatic rings. The van der Waals surface area contributed by atoms with Gasteiger partial charge in [-0.05, 0) is 42.0 Å². The first-order chi connectivity index (χ1) is 14.3. The maximum atomic E-state index is 13.4. The standard InChI is InChI=1S/C21H17ClF2N2O3S/c22-16-6-9-18(10-7-16)30(28,29)26(13-15-4-2-1-3-5-15)14-21(27)25-17-8-11-19(23)20(24)12-17/h1-12H,13-14H2,(H,25,27). The van der Waals surface area contributed by atoms with E-state index in [9.17, 15) is 22.0 Å². The number of nitrogens with one attached hydrogen (secondary N) is 1. The van der Waals surface area contributed by atoms with Gasteiger partial charge in [-0.2, -0.15) is 4.31 Å². The molecule has 0 aliphatic carbocycles. The Bertz CT molecular complexity index is 1140. The zero-order chi connectivity index (χ0) is 21.7. The number of halogens is 3. The van der Waals surface area contributed by atoms with Crippen molar-refractivity contribution in [3.63, 3.8) is 0 Å². The molecule has 9 heteroatoms. The van der Waals surface area contributed by atoms with Crippen molar-refractivity contribution in [2.75, 3.05) is 11.9 Å². The smallest absolute Gasteiger partial charge is 0.243 e. The molecule has 0 fully saturated rings. The highest BCUT2D eigenvalue weighted by Gasteiger charge is 2.27. The van der Waals surface area contributed by atoms with Crippen molar-refractivity contribution in [3.05, 3.63) is 95.0 Å². The van der Waals surface area contributed by atoms with Crippen molar-refractivity contribution in [3.8, 4) is 0 Å². The van der Waals surface area contributed by atoms with Gasteiger partial charge in [-0.3, -0.25) is 4.79 Å². The van der Waals surface area contributed by atoms with Crippen LogP contribution >= 0.6 is 11.6 Å². The quantitative estimate of drug-likeness (QED) is 0.578. The van der Waals surface area contributed by atoms with Crippen LogP contribution in [-0.2, 0) is 21.4 Å². The number of hydrogen-bond donors (Lipinski definition) is 1. The number of sulfonamides is 1. The van der Waals surface area contributed by atoms with Crippen LogP contribution in [0.3, 0.4) is 0 Å². The monoisotopic (exact) mass is 450 g/mol. The summed E-state index contributed by atoms with van der Waals surface area (Å²) < 4.78 is 53.7. The first kappa shape index (κ1) is 21.9. The summed E-state index contributed by atoms with van der Waals surface area (Å²) in [6, 6.07) is 17.2. The Morgan fingerprint density at radius 1 is 0.933 bits per heavy atom. The number of carbonyl (C=O) groups is 1. The lowest BCUT2D eigenvalue weighted by atomic mass is 10.2. The van der Waals surface area contributed by atoms with E-state index < -0.39 is 34.1 Å². The average molecular weight is 451 g/mol. The Morgan fingerprint density at radius 3 is 2.23 bits per heavy atom. The highest BCUT2D eigenvalue weighted by molar-refractivity contribution is 7.89. The lowest BCUT2D eigenvalue weighted by Crippen LogP contribution is -2.37. The van der Waals surface area contributed by atoms with E-state index in [2.05, 4.69) is 5.32 Å². The molecular formula is C21H17ClF2N2O3S. The zero-order valence-corrected chi connectivity index (χ0v) is 17.1. The summed E-state index contributed by atoms with van der Waals surface area (Å²) in [5, 5.41) is 2.76. The maximum Gasteiger partial charge on any atom is 0.243 e. The number of rotatable bonds is 7. The van der Waals surface area contributed by atoms with Gasteiger partial charge in [0.15, 0.2) is 11.6 Å². The molecule has 156 valence electrons. The topological polar surface area (TPSA) is 66.5 Å². The normalized spacial score (nSPS) is 11.5. The van der Waals surface area contributed by atoms with Gasteiger partial charge < -0.3 is 5.32 Å². The second-order valence-corrected chi connectivity index (χ2v) is 8.76. The number of amides is 1. The number of nitrogens with zero attached hydrogens (tertiary/aromatic N) is 1. The summed E-state index contributed by atoms with van der Waals surface area (Å²) in [4.78, 5) is 12.5. The van der Waals surface area contributed by atoms with Crippen molar-refractivity contribution < 1.29 is 22.0 Å². The highest BCUT2D eigenvalue weighted by atomic mass is 35.5. The Balaban J connectivity index is 1.86. The van der Waals surface area contributed by atoms with E-state index in [1.54, 1.807) is 30.3 Å². The Hall–Kier alpha value is -2.81. The third-order valence-electron chi connectivity index (χ3n) is 4.18. The predicted molar refractivity (Wildman–Crippen MR) is 110 cm³/mol. The van der Waals surface area contributed by atoms with Crippen LogP contribution in [0.5, 0.6) is 0 Å². The molecule has 0 spiro atoms. The van der Waals surface area contributed by atoms with Gasteiger partial charge in [-0.1, -0.05) is 41.9 Å². The molecule has 5 nitrogen and oxygen atoms in total. The number of hydrogen-bond acceptors (Lipinski definition) is 3. The molecule has 1 N–H and O–H groups in total. The molecule has 3 aromatic carbocycles. The molecule has 0 atom stereocenters. The summed E-state index contributed by atoms with van der Waals surface area (Å²) in [5.41, 5.74) is 0.693. The molecule has 0 bridgehead atoms. The Labute approximate surface area is 178 Å². The van der Waals surface area contributed by atoms with E-state index in [0.29, 0.717) is 10.6 Å². The van der Waals surface area contributed by atoms with E-state index in [4.69, 9.17) is 11.6 Å². The fourth-order valence-corrected chi connectivity index (χ4v) is 4.21. The first-order valence-electron chi connectivity index (χ1n) is 8.80. The summed E-state index contributed by atoms with van der Waals surface area (Å²) in [5.74, 6) is -2.87. The van der Waals surface area contributed by atoms with Crippen LogP contribution in [0.2, 0.25) is 5.02 Å². The lowest BCUT2D eigenvalue weighted by Gasteiger charge is -2.22. The van der Waals surface area contributed by atoms with Gasteiger partial charge in [0, 0.05) is 23.3 Å². The highest BCUT2D eigenvalue weighted by Crippen LogP contribution is 2.21. The fraction of sp³-hybridized carbons (Fsp3) is 0.0952. The third-order valence-corrected chi connectivity index (χ3v) is 6.23. The van der Waals surface area contributed by atoms with Crippen molar-refractivity contribution in [2.45, 2.75) is 11.4 Å². The van der Waals surface area contributed by atoms with Crippen LogP contribution in [0, 0.1) is 11.6 Å². The van der Waals surface area contributed by atoms with Crippen LogP contribution in [-0.4, -0.2) is 25.2 Å². The molecule has 3 aromatic rings. The summed E-state index contributed by atoms with van der Waals surface area (Å²) in [6.07, 6.45) is 0. The maximum absolute atomic E-state index is 13.4. The summed E-state index contributed by atoms with van der Waals surface area (Å²) in [6.45, 7) is -0.587. The van der Waals surface area contributed by atoms with Crippen molar-refractivity contribution in [2.24, 2.45) is 0 Å². The summed E-state index contributed by atoms with van der Waals surface area (Å²) >= 11 is 5.84. The minimum absolute atomic E-state index is 0.0162. The molecule has 0 saturated heterocycles. The van der Waals surface area contributed by atoms with Crippen LogP contribution in [0.15, 0.2) is 77.7 Å². The average Bonchev–Trinajstić information content (AvgIpc) is 2.71. The minimum Gasteiger partial charge on any atom is -0.325 e. The molecule has 0 unspecified atom stereocenters. The van der Waals surface area contributed by atoms with Gasteiger partial charge in [0.05, 0.1) is 11.4 Å². The molecule has 0 radical (unpaired) electrons. The van der Waals surface area contributed by atoms with Crippen molar-refractivity contribution in [1.82, 2.24) is 4.31 Å². The summed E-state index contributed by atoms with van der Waals surface area (Å²) in [7, 11) is -4.04. The van der Waals surface area contributed by atoms with Gasteiger partial charge in [0.25, 0.3) is 0 Å². The number of anilines is 1. The molecule has 30 heavy (non-hydrogen) atoms. The zero-order valence-electron chi connectivity index (χ0n) is 15.6. The second-order valence-electron chi connectivity index (χ2n) is 6.39. The number of carbonyl (C=O) groups excluding carboxylic acids is 1. The minimum atomic E-state index is -4.04. The van der Waals surface area contributed by atoms with Crippen LogP contribution in [0.1, 0.15) is 5.56 Å². The van der Waals surface area contributed by atoms with E-state index in [-0.39, 0.29) is 17.1 Å². The van der Waals surface area contributed by atoms with Crippen LogP contribution < -0.4 is 5.32 Å². The molecular weight excluding hydrogens is 434 g/mol. The van der Waals surface area contributed by atoms with Crippen LogP contribution in [0.25, 0.3) is 0 Å². The molecule has 0 saturated carbocycles. The van der Waals surface area contributed by atoms with Gasteiger partial charge in [-0.25, -0.2) is 17.2 Å². The van der Waals surface area contributed by atoms with E-state index in [1.165, 1.54) is 30.3 Å². The molecule has 0 aliphatic heterocycles. The largest absolute Gasteiger partial charge is 0.325 e. The Kier molecular flexibility index (Phi) is 6.81. The van der Waals surface area contributed by atoms with Crippen LogP contribution in [0.4, 0.5) is 14.5 Å². The lowest BCUT2D eigenvalue weighted by molar-refractivity contribution is -0.116. The van der Waals surface area contributed by atoms with Crippen molar-refractivity contribution in [1.29, 1.82) is 0 Å². The van der Waals surface area contributed by atoms with Gasteiger partial charge in [0.1, 0.15) is 0 Å². The van der Waals surface area contributed by atoms with E-state index >= 15 is 0 Å². The number of benzene rings is 3. The van der Waals surface area contributed by atoms with Gasteiger partial charge in [-0.15, -0.1) is 0 Å². The molecule has 0 heterocycles. The SMILES string of the molecule is O=C(CN(Cc1ccccc1)S(=O)(=O)c1ccc(Cl)cc1)Nc1ccc(F)c(F)c1. The molecule has 0 aromatic heterocycles. The second kappa shape index (κ2) is 9.34. The third kappa shape index (κ3) is 5.41. The fourth-order valence-electron chi connectivity index (χ4n) is 2.70. The van der Waals surface area contributed by atoms with E-state index in [0.717, 1.165) is 16.4 Å². The first-order valence-corrected chi connectivity index (χ1v) is 10.6. The van der Waals surface area contributed by atoms with Gasteiger partial charge >= 0.3 is 0 Å². The predicted octanol–water partition coefficient (Wildman–Crippen LogP) is 4.45.